The van der Waals surface area contributed by atoms with E-state index in [1.807, 2.05) is 0 Å². The topological polar surface area (TPSA) is 38.0 Å². The molecule has 2 nitrogen and oxygen atoms in total. The van der Waals surface area contributed by atoms with E-state index >= 15 is 0 Å². The lowest BCUT2D eigenvalue weighted by molar-refractivity contribution is 0.509. The van der Waals surface area contributed by atoms with Crippen LogP contribution in [0, 0.1) is 0 Å². The largest absolute Gasteiger partial charge is 0.330 e. The summed E-state index contributed by atoms with van der Waals surface area (Å²) in [4.78, 5) is 0. The second-order valence-electron chi connectivity index (χ2n) is 4.02. The zero-order valence-corrected chi connectivity index (χ0v) is 9.58. The summed E-state index contributed by atoms with van der Waals surface area (Å²) in [5.41, 5.74) is 6.86. The average molecular weight is 206 g/mol. The Hall–Kier alpha value is -0.860. The molecule has 15 heavy (non-hydrogen) atoms. The van der Waals surface area contributed by atoms with Gasteiger partial charge in [0.25, 0.3) is 0 Å². The van der Waals surface area contributed by atoms with Gasteiger partial charge in [-0.1, -0.05) is 30.3 Å². The van der Waals surface area contributed by atoms with Crippen molar-refractivity contribution in [2.24, 2.45) is 5.73 Å². The van der Waals surface area contributed by atoms with Crippen molar-refractivity contribution in [1.82, 2.24) is 5.32 Å². The van der Waals surface area contributed by atoms with Gasteiger partial charge in [-0.2, -0.15) is 0 Å². The molecule has 1 unspecified atom stereocenters. The molecule has 0 saturated carbocycles. The number of nitrogens with one attached hydrogen (secondary N) is 1. The zero-order valence-electron chi connectivity index (χ0n) is 9.58. The lowest BCUT2D eigenvalue weighted by Crippen LogP contribution is -2.28. The minimum absolute atomic E-state index is 0.580. The fraction of sp³-hybridized carbons (Fsp3) is 0.538. The van der Waals surface area contributed by atoms with Crippen molar-refractivity contribution < 1.29 is 0 Å². The van der Waals surface area contributed by atoms with Gasteiger partial charge in [0.05, 0.1) is 0 Å². The van der Waals surface area contributed by atoms with E-state index in [0.717, 1.165) is 25.9 Å². The van der Waals surface area contributed by atoms with E-state index in [1.165, 1.54) is 12.0 Å². The van der Waals surface area contributed by atoms with Gasteiger partial charge in [0.2, 0.25) is 0 Å². The number of hydrogen-bond donors (Lipinski definition) is 2. The monoisotopic (exact) mass is 206 g/mol. The van der Waals surface area contributed by atoms with Gasteiger partial charge in [-0.15, -0.1) is 0 Å². The molecular formula is C13H22N2. The van der Waals surface area contributed by atoms with Gasteiger partial charge >= 0.3 is 0 Å². The smallest absolute Gasteiger partial charge is 0.00419 e. The fourth-order valence-electron chi connectivity index (χ4n) is 1.58. The first-order valence-corrected chi connectivity index (χ1v) is 5.80. The maximum Gasteiger partial charge on any atom is 0.00419 e. The van der Waals surface area contributed by atoms with E-state index in [-0.39, 0.29) is 0 Å². The van der Waals surface area contributed by atoms with Crippen molar-refractivity contribution >= 4 is 0 Å². The van der Waals surface area contributed by atoms with Gasteiger partial charge in [-0.3, -0.25) is 0 Å². The zero-order chi connectivity index (χ0) is 10.9. The molecule has 3 N–H and O–H groups in total. The molecule has 1 aromatic carbocycles. The molecule has 1 rings (SSSR count). The SMILES string of the molecule is CC(CCc1ccccc1)NCCCN. The summed E-state index contributed by atoms with van der Waals surface area (Å²) in [5.74, 6) is 0. The predicted octanol–water partition coefficient (Wildman–Crippen LogP) is 1.95. The van der Waals surface area contributed by atoms with E-state index in [0.29, 0.717) is 6.04 Å². The van der Waals surface area contributed by atoms with Gasteiger partial charge in [0, 0.05) is 6.04 Å². The van der Waals surface area contributed by atoms with Gasteiger partial charge in [0.15, 0.2) is 0 Å². The summed E-state index contributed by atoms with van der Waals surface area (Å²) in [6.07, 6.45) is 3.40. The standard InChI is InChI=1S/C13H22N2/c1-12(15-11-5-10-14)8-9-13-6-3-2-4-7-13/h2-4,6-7,12,15H,5,8-11,14H2,1H3. The molecule has 1 atom stereocenters. The van der Waals surface area contributed by atoms with Crippen molar-refractivity contribution in [3.05, 3.63) is 35.9 Å². The summed E-state index contributed by atoms with van der Waals surface area (Å²) in [6, 6.07) is 11.2. The Balaban J connectivity index is 2.14. The maximum atomic E-state index is 5.44. The Morgan fingerprint density at radius 1 is 1.27 bits per heavy atom. The molecule has 0 aliphatic rings. The summed E-state index contributed by atoms with van der Waals surface area (Å²) in [5, 5.41) is 3.47. The predicted molar refractivity (Wildman–Crippen MR) is 65.9 cm³/mol. The van der Waals surface area contributed by atoms with Crippen LogP contribution in [0.4, 0.5) is 0 Å². The number of nitrogens with two attached hydrogens (primary N) is 1. The highest BCUT2D eigenvalue weighted by molar-refractivity contribution is 5.14. The van der Waals surface area contributed by atoms with Crippen LogP contribution in [-0.4, -0.2) is 19.1 Å². The van der Waals surface area contributed by atoms with E-state index in [2.05, 4.69) is 42.6 Å². The van der Waals surface area contributed by atoms with E-state index in [9.17, 15) is 0 Å². The Bertz CT molecular complexity index is 246. The van der Waals surface area contributed by atoms with Gasteiger partial charge in [0.1, 0.15) is 0 Å². The first kappa shape index (κ1) is 12.2. The maximum absolute atomic E-state index is 5.44. The van der Waals surface area contributed by atoms with Crippen LogP contribution in [0.25, 0.3) is 0 Å². The van der Waals surface area contributed by atoms with Crippen molar-refractivity contribution in [2.45, 2.75) is 32.2 Å². The fourth-order valence-corrected chi connectivity index (χ4v) is 1.58. The highest BCUT2D eigenvalue weighted by atomic mass is 14.9. The molecule has 0 fully saturated rings. The molecule has 0 spiro atoms. The molecule has 1 aromatic rings. The molecule has 0 amide bonds. The lowest BCUT2D eigenvalue weighted by Gasteiger charge is -2.13. The van der Waals surface area contributed by atoms with Crippen LogP contribution in [-0.2, 0) is 6.42 Å². The first-order chi connectivity index (χ1) is 7.33. The van der Waals surface area contributed by atoms with Crippen LogP contribution >= 0.6 is 0 Å². The molecule has 84 valence electrons. The van der Waals surface area contributed by atoms with Crippen LogP contribution in [0.15, 0.2) is 30.3 Å². The van der Waals surface area contributed by atoms with E-state index < -0.39 is 0 Å². The highest BCUT2D eigenvalue weighted by Gasteiger charge is 2.00. The third-order valence-corrected chi connectivity index (χ3v) is 2.58. The normalized spacial score (nSPS) is 12.7. The number of benzene rings is 1. The minimum atomic E-state index is 0.580. The van der Waals surface area contributed by atoms with E-state index in [4.69, 9.17) is 5.73 Å². The second-order valence-corrected chi connectivity index (χ2v) is 4.02. The Morgan fingerprint density at radius 3 is 2.67 bits per heavy atom. The van der Waals surface area contributed by atoms with Crippen LogP contribution < -0.4 is 11.1 Å². The summed E-state index contributed by atoms with van der Waals surface area (Å²) >= 11 is 0. The molecular weight excluding hydrogens is 184 g/mol. The summed E-state index contributed by atoms with van der Waals surface area (Å²) < 4.78 is 0. The molecule has 0 saturated heterocycles. The molecule has 0 aliphatic carbocycles. The molecule has 2 heteroatoms. The second kappa shape index (κ2) is 7.43. The average Bonchev–Trinajstić information content (AvgIpc) is 2.28. The van der Waals surface area contributed by atoms with Crippen LogP contribution in [0.3, 0.4) is 0 Å². The first-order valence-electron chi connectivity index (χ1n) is 5.80. The lowest BCUT2D eigenvalue weighted by atomic mass is 10.1. The Morgan fingerprint density at radius 2 is 2.00 bits per heavy atom. The number of aryl methyl sites for hydroxylation is 1. The van der Waals surface area contributed by atoms with Crippen molar-refractivity contribution in [1.29, 1.82) is 0 Å². The van der Waals surface area contributed by atoms with E-state index in [1.54, 1.807) is 0 Å². The third-order valence-electron chi connectivity index (χ3n) is 2.58. The van der Waals surface area contributed by atoms with Crippen molar-refractivity contribution in [3.8, 4) is 0 Å². The van der Waals surface area contributed by atoms with Crippen LogP contribution in [0.1, 0.15) is 25.3 Å². The summed E-state index contributed by atoms with van der Waals surface area (Å²) in [6.45, 7) is 4.05. The van der Waals surface area contributed by atoms with Crippen molar-refractivity contribution in [2.75, 3.05) is 13.1 Å². The molecule has 0 bridgehead atoms. The van der Waals surface area contributed by atoms with Gasteiger partial charge in [-0.25, -0.2) is 0 Å². The Labute approximate surface area is 92.9 Å². The quantitative estimate of drug-likeness (QED) is 0.669. The third kappa shape index (κ3) is 5.55. The van der Waals surface area contributed by atoms with Crippen molar-refractivity contribution in [3.63, 3.8) is 0 Å². The van der Waals surface area contributed by atoms with Crippen LogP contribution in [0.2, 0.25) is 0 Å². The Kier molecular flexibility index (Phi) is 6.05. The number of hydrogen-bond acceptors (Lipinski definition) is 2. The summed E-state index contributed by atoms with van der Waals surface area (Å²) in [7, 11) is 0. The van der Waals surface area contributed by atoms with Gasteiger partial charge < -0.3 is 11.1 Å². The number of rotatable bonds is 7. The molecule has 0 aromatic heterocycles. The van der Waals surface area contributed by atoms with Crippen LogP contribution in [0.5, 0.6) is 0 Å². The molecule has 0 radical (unpaired) electrons. The minimum Gasteiger partial charge on any atom is -0.330 e. The van der Waals surface area contributed by atoms with Gasteiger partial charge in [-0.05, 0) is 44.8 Å². The molecule has 0 heterocycles. The highest BCUT2D eigenvalue weighted by Crippen LogP contribution is 2.04. The molecule has 0 aliphatic heterocycles.